The third kappa shape index (κ3) is 3.67. The Morgan fingerprint density at radius 3 is 2.57 bits per heavy atom. The first-order valence-corrected chi connectivity index (χ1v) is 8.73. The second-order valence-corrected chi connectivity index (χ2v) is 7.32. The van der Waals surface area contributed by atoms with E-state index in [9.17, 15) is 8.42 Å². The molecule has 2 aromatic rings. The Kier molecular flexibility index (Phi) is 5.11. The fraction of sp³-hybridized carbons (Fsp3) is 0.273. The molecule has 0 N–H and O–H groups in total. The minimum absolute atomic E-state index is 0.207. The van der Waals surface area contributed by atoms with Crippen molar-refractivity contribution in [1.29, 1.82) is 0 Å². The zero-order valence-electron chi connectivity index (χ0n) is 10.8. The molecule has 0 aliphatic carbocycles. The molecule has 0 aliphatic heterocycles. The molecule has 0 amide bonds. The van der Waals surface area contributed by atoms with Crippen LogP contribution >= 0.6 is 33.9 Å². The number of methoxy groups -OCH3 is 1. The summed E-state index contributed by atoms with van der Waals surface area (Å²) in [6.45, 7) is 0.467. The Bertz CT molecular complexity index is 761. The molecule has 114 valence electrons. The summed E-state index contributed by atoms with van der Waals surface area (Å²) in [5, 5.41) is 7.91. The Morgan fingerprint density at radius 1 is 1.29 bits per heavy atom. The summed E-state index contributed by atoms with van der Waals surface area (Å²) in [6, 6.07) is 4.78. The van der Waals surface area contributed by atoms with E-state index >= 15 is 0 Å². The lowest BCUT2D eigenvalue weighted by atomic mass is 10.2. The van der Waals surface area contributed by atoms with Gasteiger partial charge >= 0.3 is 0 Å². The van der Waals surface area contributed by atoms with Crippen molar-refractivity contribution >= 4 is 42.9 Å². The van der Waals surface area contributed by atoms with Gasteiger partial charge in [0.15, 0.2) is 5.82 Å². The molecule has 1 aromatic carbocycles. The van der Waals surface area contributed by atoms with Gasteiger partial charge in [-0.1, -0.05) is 23.2 Å². The summed E-state index contributed by atoms with van der Waals surface area (Å²) in [7, 11) is 2.82. The van der Waals surface area contributed by atoms with E-state index in [1.165, 1.54) is 17.7 Å². The van der Waals surface area contributed by atoms with Crippen LogP contribution < -0.4 is 0 Å². The Morgan fingerprint density at radius 2 is 2.00 bits per heavy atom. The van der Waals surface area contributed by atoms with Gasteiger partial charge in [0.05, 0.1) is 18.2 Å². The predicted molar refractivity (Wildman–Crippen MR) is 80.4 cm³/mol. The molecule has 0 bridgehead atoms. The summed E-state index contributed by atoms with van der Waals surface area (Å²) in [6.07, 6.45) is 0. The van der Waals surface area contributed by atoms with E-state index in [1.54, 1.807) is 12.1 Å². The largest absolute Gasteiger partial charge is 0.383 e. The topological polar surface area (TPSA) is 74.1 Å². The maximum Gasteiger partial charge on any atom is 0.296 e. The smallest absolute Gasteiger partial charge is 0.296 e. The SMILES string of the molecule is COCCn1c(-c2ccc(Cl)cc2Cl)nnc1S(=O)(=O)Cl. The molecule has 21 heavy (non-hydrogen) atoms. The minimum atomic E-state index is -4.04. The number of ether oxygens (including phenoxy) is 1. The second kappa shape index (κ2) is 6.50. The van der Waals surface area contributed by atoms with Gasteiger partial charge in [0.2, 0.25) is 0 Å². The molecule has 0 radical (unpaired) electrons. The zero-order chi connectivity index (χ0) is 15.6. The van der Waals surface area contributed by atoms with Crippen LogP contribution in [0.25, 0.3) is 11.4 Å². The molecule has 0 fully saturated rings. The van der Waals surface area contributed by atoms with Crippen molar-refractivity contribution < 1.29 is 13.2 Å². The highest BCUT2D eigenvalue weighted by molar-refractivity contribution is 8.13. The van der Waals surface area contributed by atoms with Crippen molar-refractivity contribution in [1.82, 2.24) is 14.8 Å². The third-order valence-corrected chi connectivity index (χ3v) is 4.33. The van der Waals surface area contributed by atoms with E-state index in [2.05, 4.69) is 10.2 Å². The standard InChI is InChI=1S/C11H10Cl3N3O3S/c1-20-5-4-17-10(15-16-11(17)21(14,18)19)8-3-2-7(12)6-9(8)13/h2-3,6H,4-5H2,1H3. The van der Waals surface area contributed by atoms with Gasteiger partial charge in [0.25, 0.3) is 14.2 Å². The van der Waals surface area contributed by atoms with E-state index in [0.29, 0.717) is 15.6 Å². The van der Waals surface area contributed by atoms with Crippen molar-refractivity contribution in [2.45, 2.75) is 11.7 Å². The molecule has 0 aliphatic rings. The molecule has 0 atom stereocenters. The maximum absolute atomic E-state index is 11.5. The van der Waals surface area contributed by atoms with Crippen LogP contribution in [0.1, 0.15) is 0 Å². The molecule has 1 aromatic heterocycles. The van der Waals surface area contributed by atoms with Crippen molar-refractivity contribution in [2.75, 3.05) is 13.7 Å². The molecule has 6 nitrogen and oxygen atoms in total. The summed E-state index contributed by atoms with van der Waals surface area (Å²) in [4.78, 5) is 0. The van der Waals surface area contributed by atoms with Crippen LogP contribution in [0.2, 0.25) is 10.0 Å². The number of rotatable bonds is 5. The number of benzene rings is 1. The first-order valence-electron chi connectivity index (χ1n) is 5.67. The van der Waals surface area contributed by atoms with Gasteiger partial charge in [-0.3, -0.25) is 4.57 Å². The number of halogens is 3. The van der Waals surface area contributed by atoms with E-state index in [1.807, 2.05) is 0 Å². The van der Waals surface area contributed by atoms with Crippen molar-refractivity contribution in [2.24, 2.45) is 0 Å². The Labute approximate surface area is 136 Å². The molecule has 2 rings (SSSR count). The fourth-order valence-corrected chi connectivity index (χ4v) is 3.14. The van der Waals surface area contributed by atoms with Crippen LogP contribution in [0.3, 0.4) is 0 Å². The van der Waals surface area contributed by atoms with Crippen LogP contribution in [-0.4, -0.2) is 36.9 Å². The average Bonchev–Trinajstić information content (AvgIpc) is 2.79. The summed E-state index contributed by atoms with van der Waals surface area (Å²) in [5.74, 6) is 0.271. The zero-order valence-corrected chi connectivity index (χ0v) is 13.8. The molecule has 0 saturated heterocycles. The molecule has 0 unspecified atom stereocenters. The quantitative estimate of drug-likeness (QED) is 0.757. The fourth-order valence-electron chi connectivity index (χ4n) is 1.72. The molecule has 0 saturated carbocycles. The van der Waals surface area contributed by atoms with Crippen LogP contribution in [0, 0.1) is 0 Å². The van der Waals surface area contributed by atoms with Gasteiger partial charge in [0, 0.05) is 28.4 Å². The van der Waals surface area contributed by atoms with Crippen molar-refractivity contribution in [3.63, 3.8) is 0 Å². The highest BCUT2D eigenvalue weighted by Crippen LogP contribution is 2.30. The lowest BCUT2D eigenvalue weighted by molar-refractivity contribution is 0.185. The molecular weight excluding hydrogens is 361 g/mol. The minimum Gasteiger partial charge on any atom is -0.383 e. The Balaban J connectivity index is 2.60. The van der Waals surface area contributed by atoms with Crippen LogP contribution in [0.15, 0.2) is 23.4 Å². The third-order valence-electron chi connectivity index (χ3n) is 2.63. The lowest BCUT2D eigenvalue weighted by Crippen LogP contribution is -2.11. The summed E-state index contributed by atoms with van der Waals surface area (Å²) < 4.78 is 29.4. The number of aromatic nitrogens is 3. The second-order valence-electron chi connectivity index (χ2n) is 4.01. The molecule has 0 spiro atoms. The molecular formula is C11H10Cl3N3O3S. The van der Waals surface area contributed by atoms with Gasteiger partial charge in [-0.25, -0.2) is 8.42 Å². The number of nitrogens with zero attached hydrogens (tertiary/aromatic N) is 3. The monoisotopic (exact) mass is 369 g/mol. The van der Waals surface area contributed by atoms with E-state index < -0.39 is 9.05 Å². The first-order chi connectivity index (χ1) is 9.84. The Hall–Kier alpha value is -0.860. The van der Waals surface area contributed by atoms with Crippen LogP contribution in [-0.2, 0) is 20.3 Å². The van der Waals surface area contributed by atoms with Crippen LogP contribution in [0.4, 0.5) is 0 Å². The average molecular weight is 371 g/mol. The van der Waals surface area contributed by atoms with E-state index in [0.717, 1.165) is 0 Å². The number of hydrogen-bond acceptors (Lipinski definition) is 5. The van der Waals surface area contributed by atoms with Crippen molar-refractivity contribution in [3.8, 4) is 11.4 Å². The van der Waals surface area contributed by atoms with E-state index in [-0.39, 0.29) is 24.1 Å². The maximum atomic E-state index is 11.5. The normalized spacial score (nSPS) is 11.8. The van der Waals surface area contributed by atoms with Gasteiger partial charge in [0.1, 0.15) is 0 Å². The highest BCUT2D eigenvalue weighted by Gasteiger charge is 2.24. The highest BCUT2D eigenvalue weighted by atomic mass is 35.7. The molecule has 10 heteroatoms. The summed E-state index contributed by atoms with van der Waals surface area (Å²) in [5.41, 5.74) is 0.497. The van der Waals surface area contributed by atoms with Gasteiger partial charge in [-0.2, -0.15) is 0 Å². The molecule has 1 heterocycles. The van der Waals surface area contributed by atoms with Gasteiger partial charge in [-0.05, 0) is 18.2 Å². The van der Waals surface area contributed by atoms with Gasteiger partial charge < -0.3 is 4.74 Å². The first kappa shape index (κ1) is 16.5. The summed E-state index contributed by atoms with van der Waals surface area (Å²) >= 11 is 12.0. The lowest BCUT2D eigenvalue weighted by Gasteiger charge is -2.09. The van der Waals surface area contributed by atoms with E-state index in [4.69, 9.17) is 38.6 Å². The van der Waals surface area contributed by atoms with Gasteiger partial charge in [-0.15, -0.1) is 10.2 Å². The predicted octanol–water partition coefficient (Wildman–Crippen LogP) is 2.83. The van der Waals surface area contributed by atoms with Crippen LogP contribution in [0.5, 0.6) is 0 Å². The number of hydrogen-bond donors (Lipinski definition) is 0. The van der Waals surface area contributed by atoms with Crippen molar-refractivity contribution in [3.05, 3.63) is 28.2 Å².